The van der Waals surface area contributed by atoms with E-state index in [1.165, 1.54) is 0 Å². The molecule has 3 atom stereocenters. The summed E-state index contributed by atoms with van der Waals surface area (Å²) >= 11 is 0. The van der Waals surface area contributed by atoms with Crippen LogP contribution in [-0.4, -0.2) is 35.8 Å². The summed E-state index contributed by atoms with van der Waals surface area (Å²) in [4.78, 5) is 0. The fourth-order valence-corrected chi connectivity index (χ4v) is 4.08. The summed E-state index contributed by atoms with van der Waals surface area (Å²) in [6.07, 6.45) is -0.722. The maximum absolute atomic E-state index is 13.0. The normalized spacial score (nSPS) is 20.7. The van der Waals surface area contributed by atoms with Gasteiger partial charge in [0.25, 0.3) is 0 Å². The molecule has 0 saturated carbocycles. The largest absolute Gasteiger partial charge is 0.624 e. The van der Waals surface area contributed by atoms with E-state index in [9.17, 15) is 5.21 Å². The second kappa shape index (κ2) is 11.8. The first kappa shape index (κ1) is 23.2. The summed E-state index contributed by atoms with van der Waals surface area (Å²) in [6.45, 7) is 3.91. The highest BCUT2D eigenvalue weighted by Crippen LogP contribution is 2.24. The molecule has 1 heterocycles. The molecule has 0 radical (unpaired) electrons. The summed E-state index contributed by atoms with van der Waals surface area (Å²) in [5, 5.41) is 13.0. The lowest BCUT2D eigenvalue weighted by Crippen LogP contribution is -2.53. The summed E-state index contributed by atoms with van der Waals surface area (Å²) in [7, 11) is 0. The second-order valence-electron chi connectivity index (χ2n) is 8.49. The maximum atomic E-state index is 13.0. The molecule has 0 bridgehead atoms. The molecule has 1 aliphatic rings. The van der Waals surface area contributed by atoms with Gasteiger partial charge < -0.3 is 19.4 Å². The fraction of sp³-hybridized carbons (Fsp3) is 0.321. The molecule has 4 rings (SSSR count). The molecule has 0 spiro atoms. The number of hydroxylamine groups is 1. The third-order valence-corrected chi connectivity index (χ3v) is 5.88. The van der Waals surface area contributed by atoms with Crippen LogP contribution in [0.3, 0.4) is 0 Å². The van der Waals surface area contributed by atoms with E-state index in [0.717, 1.165) is 21.4 Å². The molecule has 172 valence electrons. The Morgan fingerprint density at radius 1 is 0.697 bits per heavy atom. The average molecular weight is 446 g/mol. The highest BCUT2D eigenvalue weighted by Gasteiger charge is 2.42. The van der Waals surface area contributed by atoms with Gasteiger partial charge in [0, 0.05) is 5.92 Å². The van der Waals surface area contributed by atoms with Gasteiger partial charge in [0.15, 0.2) is 12.6 Å². The van der Waals surface area contributed by atoms with E-state index >= 15 is 0 Å². The monoisotopic (exact) mass is 445 g/mol. The smallest absolute Gasteiger partial charge is 0.221 e. The van der Waals surface area contributed by atoms with E-state index in [2.05, 4.69) is 0 Å². The van der Waals surface area contributed by atoms with Crippen LogP contribution in [-0.2, 0) is 34.0 Å². The molecule has 3 aromatic rings. The number of nitrogens with zero attached hydrogens (tertiary/aromatic N) is 1. The van der Waals surface area contributed by atoms with E-state index in [-0.39, 0.29) is 18.6 Å². The maximum Gasteiger partial charge on any atom is 0.221 e. The molecule has 0 amide bonds. The quantitative estimate of drug-likeness (QED) is 0.326. The molecule has 0 fully saturated rings. The van der Waals surface area contributed by atoms with Crippen molar-refractivity contribution in [1.29, 1.82) is 0 Å². The summed E-state index contributed by atoms with van der Waals surface area (Å²) in [5.74, 6) is 0.0184. The Morgan fingerprint density at radius 3 is 1.73 bits per heavy atom. The summed E-state index contributed by atoms with van der Waals surface area (Å²) in [6, 6.07) is 30.0. The summed E-state index contributed by atoms with van der Waals surface area (Å²) < 4.78 is 19.7. The van der Waals surface area contributed by atoms with Crippen molar-refractivity contribution in [3.8, 4) is 0 Å². The van der Waals surface area contributed by atoms with Gasteiger partial charge in [-0.25, -0.2) is 4.74 Å². The highest BCUT2D eigenvalue weighted by molar-refractivity contribution is 5.86. The Bertz CT molecular complexity index is 1010. The van der Waals surface area contributed by atoms with Crippen molar-refractivity contribution in [3.63, 3.8) is 0 Å². The van der Waals surface area contributed by atoms with Gasteiger partial charge in [-0.2, -0.15) is 0 Å². The molecule has 0 aliphatic carbocycles. The van der Waals surface area contributed by atoms with Crippen LogP contribution in [0.1, 0.15) is 23.6 Å². The van der Waals surface area contributed by atoms with Gasteiger partial charge in [0.2, 0.25) is 5.71 Å². The van der Waals surface area contributed by atoms with Gasteiger partial charge in [-0.1, -0.05) is 97.9 Å². The highest BCUT2D eigenvalue weighted by atomic mass is 16.6. The van der Waals surface area contributed by atoms with Crippen LogP contribution in [0.4, 0.5) is 0 Å². The van der Waals surface area contributed by atoms with Crippen LogP contribution in [0.15, 0.2) is 91.0 Å². The number of rotatable bonds is 10. The van der Waals surface area contributed by atoms with Crippen molar-refractivity contribution >= 4 is 5.71 Å². The number of hydrogen-bond acceptors (Lipinski definition) is 4. The Balaban J connectivity index is 1.49. The van der Waals surface area contributed by atoms with E-state index in [1.54, 1.807) is 0 Å². The Morgan fingerprint density at radius 2 is 1.18 bits per heavy atom. The van der Waals surface area contributed by atoms with Crippen LogP contribution < -0.4 is 0 Å². The SMILES string of the molecule is C[C@H]1C[N+]([O-])=C(COCc2ccccc2)[C@@H](OCc2ccccc2)[C@@H]1OCc1ccccc1. The molecule has 0 N–H and O–H groups in total. The molecule has 3 aromatic carbocycles. The lowest BCUT2D eigenvalue weighted by Gasteiger charge is -2.35. The lowest BCUT2D eigenvalue weighted by atomic mass is 9.92. The molecule has 33 heavy (non-hydrogen) atoms. The zero-order chi connectivity index (χ0) is 22.9. The lowest BCUT2D eigenvalue weighted by molar-refractivity contribution is -0.484. The van der Waals surface area contributed by atoms with Crippen LogP contribution in [0.25, 0.3) is 0 Å². The Labute approximate surface area is 195 Å². The van der Waals surface area contributed by atoms with Gasteiger partial charge in [-0.3, -0.25) is 0 Å². The third kappa shape index (κ3) is 6.51. The third-order valence-electron chi connectivity index (χ3n) is 5.88. The predicted molar refractivity (Wildman–Crippen MR) is 129 cm³/mol. The minimum Gasteiger partial charge on any atom is -0.624 e. The molecule has 0 saturated heterocycles. The molecule has 5 heteroatoms. The van der Waals surface area contributed by atoms with Gasteiger partial charge in [-0.15, -0.1) is 0 Å². The average Bonchev–Trinajstić information content (AvgIpc) is 2.85. The zero-order valence-electron chi connectivity index (χ0n) is 19.0. The molecule has 0 unspecified atom stereocenters. The summed E-state index contributed by atoms with van der Waals surface area (Å²) in [5.41, 5.74) is 3.80. The van der Waals surface area contributed by atoms with E-state index in [0.29, 0.717) is 32.1 Å². The van der Waals surface area contributed by atoms with E-state index < -0.39 is 6.10 Å². The topological polar surface area (TPSA) is 53.8 Å². The molecular weight excluding hydrogens is 414 g/mol. The van der Waals surface area contributed by atoms with Crippen molar-refractivity contribution in [2.45, 2.75) is 39.0 Å². The number of benzene rings is 3. The van der Waals surface area contributed by atoms with Crippen molar-refractivity contribution in [1.82, 2.24) is 0 Å². The van der Waals surface area contributed by atoms with Crippen molar-refractivity contribution in [2.75, 3.05) is 13.2 Å². The zero-order valence-corrected chi connectivity index (χ0v) is 19.0. The van der Waals surface area contributed by atoms with E-state index in [1.807, 2.05) is 97.9 Å². The minimum absolute atomic E-state index is 0.0184. The Kier molecular flexibility index (Phi) is 8.25. The van der Waals surface area contributed by atoms with Crippen LogP contribution >= 0.6 is 0 Å². The fourth-order valence-electron chi connectivity index (χ4n) is 4.08. The van der Waals surface area contributed by atoms with Gasteiger partial charge in [0.05, 0.1) is 19.8 Å². The first-order valence-electron chi connectivity index (χ1n) is 11.4. The number of ether oxygens (including phenoxy) is 3. The van der Waals surface area contributed by atoms with Crippen LogP contribution in [0.5, 0.6) is 0 Å². The van der Waals surface area contributed by atoms with E-state index in [4.69, 9.17) is 14.2 Å². The molecule has 1 aliphatic heterocycles. The second-order valence-corrected chi connectivity index (χ2v) is 8.49. The molecule has 0 aromatic heterocycles. The van der Waals surface area contributed by atoms with Gasteiger partial charge in [0.1, 0.15) is 12.7 Å². The molecular formula is C28H31NO4. The first-order chi connectivity index (χ1) is 16.2. The van der Waals surface area contributed by atoms with Gasteiger partial charge in [-0.05, 0) is 16.7 Å². The van der Waals surface area contributed by atoms with Crippen molar-refractivity contribution < 1.29 is 18.9 Å². The minimum atomic E-state index is -0.481. The van der Waals surface area contributed by atoms with Crippen molar-refractivity contribution in [2.24, 2.45) is 5.92 Å². The predicted octanol–water partition coefficient (Wildman–Crippen LogP) is 4.98. The Hall–Kier alpha value is -2.99. The van der Waals surface area contributed by atoms with Crippen molar-refractivity contribution in [3.05, 3.63) is 113 Å². The number of hydrogen-bond donors (Lipinski definition) is 0. The van der Waals surface area contributed by atoms with Crippen LogP contribution in [0, 0.1) is 11.1 Å². The standard InChI is InChI=1S/C28H31NO4/c1-22-17-29(30)26(21-31-18-23-11-5-2-6-12-23)28(33-20-25-15-9-4-10-16-25)27(22)32-19-24-13-7-3-8-14-24/h2-16,22,27-28H,17-21H2,1H3/t22-,27+,28+/m0/s1. The first-order valence-corrected chi connectivity index (χ1v) is 11.4. The molecule has 5 nitrogen and oxygen atoms in total. The van der Waals surface area contributed by atoms with Gasteiger partial charge >= 0.3 is 0 Å². The van der Waals surface area contributed by atoms with Crippen LogP contribution in [0.2, 0.25) is 0 Å².